The molecule has 1 aliphatic heterocycles. The third-order valence-electron chi connectivity index (χ3n) is 4.31. The SMILES string of the molecule is CCC(C)NC(=O)c1cccc(C(=O)N2CCCC(C)C2)c1. The molecule has 1 fully saturated rings. The first-order valence-electron chi connectivity index (χ1n) is 8.21. The van der Waals surface area contributed by atoms with Gasteiger partial charge < -0.3 is 10.2 Å². The number of nitrogens with zero attached hydrogens (tertiary/aromatic N) is 1. The summed E-state index contributed by atoms with van der Waals surface area (Å²) in [4.78, 5) is 26.7. The van der Waals surface area contributed by atoms with Crippen LogP contribution < -0.4 is 5.32 Å². The first-order chi connectivity index (χ1) is 10.5. The van der Waals surface area contributed by atoms with Gasteiger partial charge in [-0.3, -0.25) is 9.59 Å². The van der Waals surface area contributed by atoms with Crippen LogP contribution in [0.1, 0.15) is 60.7 Å². The molecule has 1 aromatic carbocycles. The van der Waals surface area contributed by atoms with Crippen LogP contribution in [0.3, 0.4) is 0 Å². The molecule has 22 heavy (non-hydrogen) atoms. The molecule has 1 heterocycles. The van der Waals surface area contributed by atoms with Crippen molar-refractivity contribution >= 4 is 11.8 Å². The summed E-state index contributed by atoms with van der Waals surface area (Å²) < 4.78 is 0. The zero-order chi connectivity index (χ0) is 16.1. The Hall–Kier alpha value is -1.84. The van der Waals surface area contributed by atoms with Gasteiger partial charge in [-0.1, -0.05) is 19.9 Å². The fraction of sp³-hybridized carbons (Fsp3) is 0.556. The minimum Gasteiger partial charge on any atom is -0.350 e. The molecular formula is C18H26N2O2. The molecule has 0 radical (unpaired) electrons. The molecule has 1 N–H and O–H groups in total. The molecule has 1 aliphatic rings. The molecule has 0 aromatic heterocycles. The van der Waals surface area contributed by atoms with Gasteiger partial charge in [0.15, 0.2) is 0 Å². The predicted molar refractivity (Wildman–Crippen MR) is 88.0 cm³/mol. The predicted octanol–water partition coefficient (Wildman–Crippen LogP) is 3.09. The molecule has 1 saturated heterocycles. The number of hydrogen-bond donors (Lipinski definition) is 1. The van der Waals surface area contributed by atoms with Gasteiger partial charge in [0.2, 0.25) is 0 Å². The quantitative estimate of drug-likeness (QED) is 0.929. The Morgan fingerprint density at radius 1 is 1.36 bits per heavy atom. The molecule has 1 aromatic rings. The standard InChI is InChI=1S/C18H26N2O2/c1-4-14(3)19-17(21)15-8-5-9-16(11-15)18(22)20-10-6-7-13(2)12-20/h5,8-9,11,13-14H,4,6-7,10,12H2,1-3H3,(H,19,21). The number of nitrogens with one attached hydrogen (secondary N) is 1. The van der Waals surface area contributed by atoms with Crippen molar-refractivity contribution in [3.8, 4) is 0 Å². The van der Waals surface area contributed by atoms with Crippen LogP contribution >= 0.6 is 0 Å². The monoisotopic (exact) mass is 302 g/mol. The van der Waals surface area contributed by atoms with Crippen LogP contribution in [-0.2, 0) is 0 Å². The lowest BCUT2D eigenvalue weighted by atomic mass is 9.99. The highest BCUT2D eigenvalue weighted by Gasteiger charge is 2.22. The van der Waals surface area contributed by atoms with Crippen molar-refractivity contribution in [1.29, 1.82) is 0 Å². The number of carbonyl (C=O) groups excluding carboxylic acids is 2. The van der Waals surface area contributed by atoms with E-state index in [1.165, 1.54) is 6.42 Å². The summed E-state index contributed by atoms with van der Waals surface area (Å²) in [5.74, 6) is 0.468. The minimum atomic E-state index is -0.115. The van der Waals surface area contributed by atoms with Crippen molar-refractivity contribution < 1.29 is 9.59 Å². The van der Waals surface area contributed by atoms with E-state index in [-0.39, 0.29) is 17.9 Å². The number of rotatable bonds is 4. The Balaban J connectivity index is 2.10. The highest BCUT2D eigenvalue weighted by molar-refractivity contribution is 5.99. The molecule has 2 rings (SSSR count). The van der Waals surface area contributed by atoms with E-state index in [1.54, 1.807) is 24.3 Å². The normalized spacial score (nSPS) is 19.6. The van der Waals surface area contributed by atoms with Gasteiger partial charge in [0.25, 0.3) is 11.8 Å². The Morgan fingerprint density at radius 2 is 2.09 bits per heavy atom. The number of carbonyl (C=O) groups is 2. The average Bonchev–Trinajstić information content (AvgIpc) is 2.54. The third kappa shape index (κ3) is 4.09. The van der Waals surface area contributed by atoms with E-state index < -0.39 is 0 Å². The lowest BCUT2D eigenvalue weighted by molar-refractivity contribution is 0.0683. The highest BCUT2D eigenvalue weighted by atomic mass is 16.2. The molecule has 0 spiro atoms. The van der Waals surface area contributed by atoms with Gasteiger partial charge in [0.05, 0.1) is 0 Å². The van der Waals surface area contributed by atoms with Crippen molar-refractivity contribution in [1.82, 2.24) is 10.2 Å². The van der Waals surface area contributed by atoms with Crippen LogP contribution in [-0.4, -0.2) is 35.8 Å². The minimum absolute atomic E-state index is 0.0322. The summed E-state index contributed by atoms with van der Waals surface area (Å²) >= 11 is 0. The maximum atomic E-state index is 12.6. The fourth-order valence-electron chi connectivity index (χ4n) is 2.76. The summed E-state index contributed by atoms with van der Waals surface area (Å²) in [6.45, 7) is 7.80. The van der Waals surface area contributed by atoms with Gasteiger partial charge in [-0.2, -0.15) is 0 Å². The summed E-state index contributed by atoms with van der Waals surface area (Å²) in [5.41, 5.74) is 1.15. The lowest BCUT2D eigenvalue weighted by Gasteiger charge is -2.31. The van der Waals surface area contributed by atoms with Crippen molar-refractivity contribution in [2.75, 3.05) is 13.1 Å². The summed E-state index contributed by atoms with van der Waals surface area (Å²) in [6.07, 6.45) is 3.12. The van der Waals surface area contributed by atoms with Crippen molar-refractivity contribution in [3.63, 3.8) is 0 Å². The Morgan fingerprint density at radius 3 is 2.77 bits per heavy atom. The van der Waals surface area contributed by atoms with Crippen LogP contribution in [0, 0.1) is 5.92 Å². The van der Waals surface area contributed by atoms with Crippen LogP contribution in [0.5, 0.6) is 0 Å². The van der Waals surface area contributed by atoms with E-state index in [0.717, 1.165) is 25.9 Å². The second-order valence-electron chi connectivity index (χ2n) is 6.36. The van der Waals surface area contributed by atoms with Crippen molar-refractivity contribution in [3.05, 3.63) is 35.4 Å². The van der Waals surface area contributed by atoms with Gasteiger partial charge >= 0.3 is 0 Å². The number of amides is 2. The van der Waals surface area contributed by atoms with Crippen molar-refractivity contribution in [2.24, 2.45) is 5.92 Å². The van der Waals surface area contributed by atoms with E-state index >= 15 is 0 Å². The molecule has 2 atom stereocenters. The molecule has 0 bridgehead atoms. The maximum absolute atomic E-state index is 12.6. The Bertz CT molecular complexity index is 542. The smallest absolute Gasteiger partial charge is 0.253 e. The maximum Gasteiger partial charge on any atom is 0.253 e. The van der Waals surface area contributed by atoms with Crippen molar-refractivity contribution in [2.45, 2.75) is 46.1 Å². The topological polar surface area (TPSA) is 49.4 Å². The summed E-state index contributed by atoms with van der Waals surface area (Å²) in [5, 5.41) is 2.93. The van der Waals surface area contributed by atoms with Gasteiger partial charge in [0.1, 0.15) is 0 Å². The number of piperidine rings is 1. The molecule has 120 valence electrons. The van der Waals surface area contributed by atoms with Gasteiger partial charge in [-0.15, -0.1) is 0 Å². The Kier molecular flexibility index (Phi) is 5.58. The number of likely N-dealkylation sites (tertiary alicyclic amines) is 1. The molecule has 0 aliphatic carbocycles. The van der Waals surface area contributed by atoms with Crippen LogP contribution in [0.2, 0.25) is 0 Å². The third-order valence-corrected chi connectivity index (χ3v) is 4.31. The molecule has 4 heteroatoms. The van der Waals surface area contributed by atoms with E-state index in [9.17, 15) is 9.59 Å². The lowest BCUT2D eigenvalue weighted by Crippen LogP contribution is -2.39. The second kappa shape index (κ2) is 7.43. The van der Waals surface area contributed by atoms with Crippen LogP contribution in [0.25, 0.3) is 0 Å². The second-order valence-corrected chi connectivity index (χ2v) is 6.36. The molecular weight excluding hydrogens is 276 g/mol. The number of hydrogen-bond acceptors (Lipinski definition) is 2. The molecule has 0 saturated carbocycles. The van der Waals surface area contributed by atoms with Gasteiger partial charge in [0, 0.05) is 30.3 Å². The molecule has 2 unspecified atom stereocenters. The first-order valence-corrected chi connectivity index (χ1v) is 8.21. The zero-order valence-corrected chi connectivity index (χ0v) is 13.8. The fourth-order valence-corrected chi connectivity index (χ4v) is 2.76. The van der Waals surface area contributed by atoms with Gasteiger partial charge in [-0.25, -0.2) is 0 Å². The van der Waals surface area contributed by atoms with Crippen LogP contribution in [0.4, 0.5) is 0 Å². The average molecular weight is 302 g/mol. The highest BCUT2D eigenvalue weighted by Crippen LogP contribution is 2.18. The first kappa shape index (κ1) is 16.5. The largest absolute Gasteiger partial charge is 0.350 e. The zero-order valence-electron chi connectivity index (χ0n) is 13.8. The van der Waals surface area contributed by atoms with E-state index in [0.29, 0.717) is 17.0 Å². The molecule has 2 amide bonds. The van der Waals surface area contributed by atoms with Gasteiger partial charge in [-0.05, 0) is 50.3 Å². The molecule has 4 nitrogen and oxygen atoms in total. The summed E-state index contributed by atoms with van der Waals surface area (Å²) in [6, 6.07) is 7.18. The van der Waals surface area contributed by atoms with Crippen LogP contribution in [0.15, 0.2) is 24.3 Å². The van der Waals surface area contributed by atoms with E-state index in [1.807, 2.05) is 18.7 Å². The summed E-state index contributed by atoms with van der Waals surface area (Å²) in [7, 11) is 0. The Labute approximate surface area is 132 Å². The number of benzene rings is 1. The van der Waals surface area contributed by atoms with E-state index in [4.69, 9.17) is 0 Å². The van der Waals surface area contributed by atoms with E-state index in [2.05, 4.69) is 12.2 Å².